The average Bonchev–Trinajstić information content (AvgIpc) is 3.37. The zero-order valence-corrected chi connectivity index (χ0v) is 19.7. The van der Waals surface area contributed by atoms with Gasteiger partial charge in [0.2, 0.25) is 0 Å². The molecule has 3 fully saturated rings. The molecule has 6 heterocycles. The molecule has 7 rings (SSSR count). The number of imidazole rings is 1. The van der Waals surface area contributed by atoms with Crippen LogP contribution in [0.15, 0.2) is 24.5 Å². The number of nitrogens with two attached hydrogens (primary N) is 1. The Balaban J connectivity index is 1.31. The van der Waals surface area contributed by atoms with Gasteiger partial charge in [0.25, 0.3) is 0 Å². The number of H-pyrrole nitrogens is 1. The summed E-state index contributed by atoms with van der Waals surface area (Å²) in [6.07, 6.45) is 11.0. The van der Waals surface area contributed by atoms with Gasteiger partial charge in [0.1, 0.15) is 11.5 Å². The van der Waals surface area contributed by atoms with Crippen LogP contribution in [0.5, 0.6) is 0 Å². The molecular formula is C26H30N8. The number of nitrogens with one attached hydrogen (secondary N) is 2. The van der Waals surface area contributed by atoms with E-state index in [1.54, 1.807) is 0 Å². The topological polar surface area (TPSA) is 110 Å². The van der Waals surface area contributed by atoms with Crippen molar-refractivity contribution in [1.29, 1.82) is 0 Å². The Labute approximate surface area is 198 Å². The second kappa shape index (κ2) is 7.37. The van der Waals surface area contributed by atoms with Crippen molar-refractivity contribution >= 4 is 11.5 Å². The van der Waals surface area contributed by atoms with E-state index in [1.165, 1.54) is 36.9 Å². The highest BCUT2D eigenvalue weighted by Gasteiger charge is 2.39. The largest absolute Gasteiger partial charge is 0.383 e. The Hall–Kier alpha value is -3.26. The van der Waals surface area contributed by atoms with Crippen LogP contribution in [-0.2, 0) is 0 Å². The van der Waals surface area contributed by atoms with Crippen LogP contribution >= 0.6 is 0 Å². The molecule has 2 bridgehead atoms. The van der Waals surface area contributed by atoms with Crippen LogP contribution in [0.3, 0.4) is 0 Å². The van der Waals surface area contributed by atoms with Crippen LogP contribution in [0.2, 0.25) is 0 Å². The van der Waals surface area contributed by atoms with Crippen LogP contribution in [0.1, 0.15) is 73.0 Å². The fourth-order valence-corrected chi connectivity index (χ4v) is 5.99. The van der Waals surface area contributed by atoms with Gasteiger partial charge in [-0.05, 0) is 64.4 Å². The SMILES string of the molecule is Cc1nc(-c2ccc(-c3cnn4c(N)c(C5CC5)c([C@H]5C[C@H]6CC[C@@H](C5)N6)nc34)cn2)[nH]c1C. The summed E-state index contributed by atoms with van der Waals surface area (Å²) in [6.45, 7) is 4.02. The molecule has 0 aromatic carbocycles. The molecule has 4 aromatic heterocycles. The maximum atomic E-state index is 6.78. The Bertz CT molecular complexity index is 1360. The summed E-state index contributed by atoms with van der Waals surface area (Å²) in [7, 11) is 0. The maximum absolute atomic E-state index is 6.78. The predicted octanol–water partition coefficient (Wildman–Crippen LogP) is 4.26. The monoisotopic (exact) mass is 454 g/mol. The standard InChI is InChI=1S/C26H30N8/c1-13-14(2)31-25(30-13)21-8-5-16(11-28-21)20-12-29-34-24(27)22(15-3-4-15)23(33-26(20)34)17-9-18-6-7-19(10-17)32-18/h5,8,11-12,15,17-19,32H,3-4,6-7,9-10,27H2,1-2H3,(H,30,31)/t17-,18+,19-. The first-order valence-electron chi connectivity index (χ1n) is 12.5. The molecule has 8 heteroatoms. The molecule has 1 saturated carbocycles. The van der Waals surface area contributed by atoms with Gasteiger partial charge >= 0.3 is 0 Å². The van der Waals surface area contributed by atoms with E-state index in [1.807, 2.05) is 36.8 Å². The molecule has 4 N–H and O–H groups in total. The van der Waals surface area contributed by atoms with E-state index in [4.69, 9.17) is 10.7 Å². The number of hydrogen-bond donors (Lipinski definition) is 3. The fourth-order valence-electron chi connectivity index (χ4n) is 5.99. The highest BCUT2D eigenvalue weighted by molar-refractivity contribution is 5.79. The lowest BCUT2D eigenvalue weighted by Crippen LogP contribution is -2.37. The summed E-state index contributed by atoms with van der Waals surface area (Å²) in [6, 6.07) is 5.31. The number of fused-ring (bicyclic) bond motifs is 3. The van der Waals surface area contributed by atoms with Crippen molar-refractivity contribution in [3.8, 4) is 22.6 Å². The maximum Gasteiger partial charge on any atom is 0.165 e. The number of aromatic amines is 1. The van der Waals surface area contributed by atoms with Gasteiger partial charge in [-0.15, -0.1) is 0 Å². The quantitative estimate of drug-likeness (QED) is 0.425. The Morgan fingerprint density at radius 1 is 0.971 bits per heavy atom. The third kappa shape index (κ3) is 3.15. The number of hydrogen-bond acceptors (Lipinski definition) is 6. The van der Waals surface area contributed by atoms with E-state index < -0.39 is 0 Å². The molecule has 0 amide bonds. The van der Waals surface area contributed by atoms with E-state index in [9.17, 15) is 0 Å². The lowest BCUT2D eigenvalue weighted by Gasteiger charge is -2.30. The van der Waals surface area contributed by atoms with Crippen molar-refractivity contribution in [1.82, 2.24) is 34.9 Å². The van der Waals surface area contributed by atoms with Crippen LogP contribution in [0, 0.1) is 13.8 Å². The lowest BCUT2D eigenvalue weighted by atomic mass is 9.86. The van der Waals surface area contributed by atoms with Gasteiger partial charge in [0.05, 0.1) is 17.6 Å². The van der Waals surface area contributed by atoms with Crippen LogP contribution in [0.25, 0.3) is 28.3 Å². The Morgan fingerprint density at radius 3 is 2.41 bits per heavy atom. The minimum absolute atomic E-state index is 0.468. The number of nitrogens with zero attached hydrogens (tertiary/aromatic N) is 5. The first-order chi connectivity index (χ1) is 16.5. The Kier molecular flexibility index (Phi) is 4.37. The fraction of sp³-hybridized carbons (Fsp3) is 0.462. The second-order valence-electron chi connectivity index (χ2n) is 10.4. The second-order valence-corrected chi connectivity index (χ2v) is 10.4. The highest BCUT2D eigenvalue weighted by Crippen LogP contribution is 2.48. The van der Waals surface area contributed by atoms with Gasteiger partial charge in [-0.1, -0.05) is 6.07 Å². The number of anilines is 1. The van der Waals surface area contributed by atoms with Gasteiger partial charge in [-0.25, -0.2) is 9.97 Å². The zero-order valence-electron chi connectivity index (χ0n) is 19.7. The van der Waals surface area contributed by atoms with Crippen LogP contribution < -0.4 is 11.1 Å². The average molecular weight is 455 g/mol. The zero-order chi connectivity index (χ0) is 23.0. The molecule has 8 nitrogen and oxygen atoms in total. The van der Waals surface area contributed by atoms with E-state index in [-0.39, 0.29) is 0 Å². The minimum atomic E-state index is 0.468. The molecule has 2 aliphatic heterocycles. The molecule has 2 saturated heterocycles. The smallest absolute Gasteiger partial charge is 0.165 e. The molecule has 0 unspecified atom stereocenters. The summed E-state index contributed by atoms with van der Waals surface area (Å²) in [5, 5.41) is 8.43. The molecule has 174 valence electrons. The number of nitrogen functional groups attached to an aromatic ring is 1. The molecule has 34 heavy (non-hydrogen) atoms. The first-order valence-corrected chi connectivity index (χ1v) is 12.5. The molecule has 3 aliphatic rings. The molecule has 0 spiro atoms. The number of piperidine rings is 1. The van der Waals surface area contributed by atoms with E-state index >= 15 is 0 Å². The van der Waals surface area contributed by atoms with Gasteiger partial charge in [-0.2, -0.15) is 9.61 Å². The minimum Gasteiger partial charge on any atom is -0.383 e. The highest BCUT2D eigenvalue weighted by atomic mass is 15.3. The summed E-state index contributed by atoms with van der Waals surface area (Å²) in [4.78, 5) is 17.9. The number of rotatable bonds is 4. The summed E-state index contributed by atoms with van der Waals surface area (Å²) in [5.41, 5.74) is 14.9. The molecular weight excluding hydrogens is 424 g/mol. The van der Waals surface area contributed by atoms with Crippen molar-refractivity contribution in [2.75, 3.05) is 5.73 Å². The van der Waals surface area contributed by atoms with Gasteiger partial charge in [0, 0.05) is 46.6 Å². The third-order valence-electron chi connectivity index (χ3n) is 8.04. The molecule has 3 atom stereocenters. The number of aromatic nitrogens is 6. The lowest BCUT2D eigenvalue weighted by molar-refractivity contribution is 0.357. The number of aryl methyl sites for hydroxylation is 2. The third-order valence-corrected chi connectivity index (χ3v) is 8.04. The molecule has 0 radical (unpaired) electrons. The number of pyridine rings is 1. The summed E-state index contributed by atoms with van der Waals surface area (Å²) < 4.78 is 1.84. The van der Waals surface area contributed by atoms with Crippen molar-refractivity contribution < 1.29 is 0 Å². The van der Waals surface area contributed by atoms with E-state index in [2.05, 4.69) is 31.4 Å². The van der Waals surface area contributed by atoms with Crippen LogP contribution in [0.4, 0.5) is 5.82 Å². The van der Waals surface area contributed by atoms with Gasteiger partial charge < -0.3 is 16.0 Å². The molecule has 4 aromatic rings. The van der Waals surface area contributed by atoms with Crippen molar-refractivity contribution in [2.45, 2.75) is 76.3 Å². The summed E-state index contributed by atoms with van der Waals surface area (Å²) >= 11 is 0. The predicted molar refractivity (Wildman–Crippen MR) is 132 cm³/mol. The summed E-state index contributed by atoms with van der Waals surface area (Å²) in [5.74, 6) is 2.56. The van der Waals surface area contributed by atoms with Crippen molar-refractivity contribution in [3.63, 3.8) is 0 Å². The van der Waals surface area contributed by atoms with Crippen LogP contribution in [-0.4, -0.2) is 41.6 Å². The first kappa shape index (κ1) is 20.1. The van der Waals surface area contributed by atoms with Gasteiger partial charge in [-0.3, -0.25) is 4.98 Å². The normalized spacial score (nSPS) is 24.2. The van der Waals surface area contributed by atoms with Crippen molar-refractivity contribution in [2.24, 2.45) is 0 Å². The van der Waals surface area contributed by atoms with Gasteiger partial charge in [0.15, 0.2) is 11.5 Å². The Morgan fingerprint density at radius 2 is 1.76 bits per heavy atom. The molecule has 1 aliphatic carbocycles. The van der Waals surface area contributed by atoms with E-state index in [0.717, 1.165) is 58.3 Å². The van der Waals surface area contributed by atoms with Crippen molar-refractivity contribution in [3.05, 3.63) is 47.2 Å². The van der Waals surface area contributed by atoms with E-state index in [0.29, 0.717) is 23.9 Å².